The normalized spacial score (nSPS) is 17.6. The molecule has 2 aromatic heterocycles. The van der Waals surface area contributed by atoms with Crippen LogP contribution in [0.4, 0.5) is 28.4 Å². The molecule has 4 heteroatoms. The molecule has 4 nitrogen and oxygen atoms in total. The Morgan fingerprint density at radius 1 is 0.263 bits per heavy atom. The monoisotopic (exact) mass is 1450 g/mol. The summed E-state index contributed by atoms with van der Waals surface area (Å²) in [5, 5.41) is 20.9. The molecule has 0 bridgehead atoms. The molecule has 5 aliphatic carbocycles. The fourth-order valence-electron chi connectivity index (χ4n) is 22.3. The predicted molar refractivity (Wildman–Crippen MR) is 475 cm³/mol. The maximum absolute atomic E-state index is 7.40. The van der Waals surface area contributed by atoms with Gasteiger partial charge < -0.3 is 18.6 Å². The van der Waals surface area contributed by atoms with E-state index in [4.69, 9.17) is 8.83 Å². The van der Waals surface area contributed by atoms with Gasteiger partial charge in [0.2, 0.25) is 0 Å². The first-order valence-corrected chi connectivity index (χ1v) is 39.9. The van der Waals surface area contributed by atoms with E-state index in [1.54, 1.807) is 0 Å². The Kier molecular flexibility index (Phi) is 12.6. The number of allylic oxidation sites excluding steroid dienone is 5. The van der Waals surface area contributed by atoms with Gasteiger partial charge in [0.05, 0.1) is 39.3 Å². The second kappa shape index (κ2) is 23.0. The highest BCUT2D eigenvalue weighted by atomic mass is 16.3. The number of para-hydroxylation sites is 4. The van der Waals surface area contributed by atoms with E-state index in [0.717, 1.165) is 93.9 Å². The maximum Gasteiger partial charge on any atom is 0.159 e. The molecular weight excluding hydrogens is 1380 g/mol. The number of rotatable bonds is 9. The van der Waals surface area contributed by atoms with E-state index >= 15 is 0 Å². The van der Waals surface area contributed by atoms with Gasteiger partial charge in [0.25, 0.3) is 0 Å². The van der Waals surface area contributed by atoms with Crippen molar-refractivity contribution in [3.63, 3.8) is 0 Å². The van der Waals surface area contributed by atoms with Gasteiger partial charge in [0.15, 0.2) is 11.2 Å². The average Bonchev–Trinajstić information content (AvgIpc) is 1.46. The van der Waals surface area contributed by atoms with Gasteiger partial charge in [-0.05, 0) is 186 Å². The first-order valence-electron chi connectivity index (χ1n) is 39.9. The lowest BCUT2D eigenvalue weighted by molar-refractivity contribution is 0.438. The van der Waals surface area contributed by atoms with Crippen LogP contribution >= 0.6 is 0 Å². The summed E-state index contributed by atoms with van der Waals surface area (Å²) >= 11 is 0. The largest absolute Gasteiger partial charge is 0.454 e. The number of fused-ring (bicyclic) bond motifs is 20. The van der Waals surface area contributed by atoms with Crippen molar-refractivity contribution in [2.75, 3.05) is 9.80 Å². The molecule has 4 unspecified atom stereocenters. The number of nitrogens with zero attached hydrogens (tertiary/aromatic N) is 2. The van der Waals surface area contributed by atoms with E-state index in [0.29, 0.717) is 0 Å². The van der Waals surface area contributed by atoms with Gasteiger partial charge in [-0.3, -0.25) is 0 Å². The van der Waals surface area contributed by atoms with Crippen LogP contribution in [0.3, 0.4) is 0 Å². The van der Waals surface area contributed by atoms with Gasteiger partial charge in [-0.2, -0.15) is 0 Å². The molecule has 0 N–H and O–H groups in total. The summed E-state index contributed by atoms with van der Waals surface area (Å²) in [6.07, 6.45) is 14.4. The molecule has 5 aliphatic rings. The van der Waals surface area contributed by atoms with Crippen LogP contribution in [0.1, 0.15) is 56.0 Å². The Morgan fingerprint density at radius 2 is 0.693 bits per heavy atom. The van der Waals surface area contributed by atoms with Crippen molar-refractivity contribution in [2.45, 2.75) is 16.7 Å². The van der Waals surface area contributed by atoms with Crippen LogP contribution in [-0.2, 0) is 10.8 Å². The molecule has 0 fully saturated rings. The third-order valence-electron chi connectivity index (χ3n) is 26.7. The Hall–Kier alpha value is -14.6. The second-order valence-corrected chi connectivity index (χ2v) is 31.8. The summed E-state index contributed by atoms with van der Waals surface area (Å²) in [5.41, 5.74) is 24.7. The highest BCUT2D eigenvalue weighted by Gasteiger charge is 2.66. The highest BCUT2D eigenvalue weighted by Crippen LogP contribution is 2.74. The van der Waals surface area contributed by atoms with Crippen LogP contribution < -0.4 is 9.80 Å². The summed E-state index contributed by atoms with van der Waals surface area (Å²) in [5.74, 6) is -0.00371. The van der Waals surface area contributed by atoms with Gasteiger partial charge in [-0.15, -0.1) is 0 Å². The van der Waals surface area contributed by atoms with Gasteiger partial charge in [-0.25, -0.2) is 0 Å². The molecule has 0 amide bonds. The number of furan rings is 2. The zero-order chi connectivity index (χ0) is 74.2. The van der Waals surface area contributed by atoms with Crippen molar-refractivity contribution < 1.29 is 8.83 Å². The van der Waals surface area contributed by atoms with Crippen molar-refractivity contribution in [3.05, 3.63) is 437 Å². The number of benzene rings is 19. The zero-order valence-corrected chi connectivity index (χ0v) is 61.8. The molecule has 114 heavy (non-hydrogen) atoms. The van der Waals surface area contributed by atoms with Crippen LogP contribution in [0.5, 0.6) is 0 Å². The first kappa shape index (κ1) is 62.2. The van der Waals surface area contributed by atoms with Crippen molar-refractivity contribution in [1.82, 2.24) is 0 Å². The van der Waals surface area contributed by atoms with Crippen LogP contribution in [-0.4, -0.2) is 0 Å². The molecule has 19 aromatic carbocycles. The topological polar surface area (TPSA) is 32.8 Å². The van der Waals surface area contributed by atoms with Gasteiger partial charge >= 0.3 is 0 Å². The molecule has 0 radical (unpaired) electrons. The van der Waals surface area contributed by atoms with E-state index in [1.165, 1.54) is 137 Å². The lowest BCUT2D eigenvalue weighted by Gasteiger charge is -2.51. The Balaban J connectivity index is 0.863. The summed E-state index contributed by atoms with van der Waals surface area (Å²) in [6, 6.07) is 134. The van der Waals surface area contributed by atoms with E-state index in [-0.39, 0.29) is 11.8 Å². The number of hydrogen-bond acceptors (Lipinski definition) is 4. The predicted octanol–water partition coefficient (Wildman–Crippen LogP) is 29.2. The van der Waals surface area contributed by atoms with Crippen molar-refractivity contribution in [2.24, 2.45) is 5.92 Å². The van der Waals surface area contributed by atoms with Crippen LogP contribution in [0.15, 0.2) is 396 Å². The fraction of sp³-hybridized carbons (Fsp3) is 0.0364. The Morgan fingerprint density at radius 3 is 1.28 bits per heavy atom. The van der Waals surface area contributed by atoms with Crippen LogP contribution in [0.2, 0.25) is 0 Å². The van der Waals surface area contributed by atoms with E-state index in [2.05, 4.69) is 398 Å². The smallest absolute Gasteiger partial charge is 0.159 e. The Labute approximate surface area is 656 Å². The quantitative estimate of drug-likeness (QED) is 0.135. The summed E-state index contributed by atoms with van der Waals surface area (Å²) in [6.45, 7) is 0. The summed E-state index contributed by atoms with van der Waals surface area (Å²) < 4.78 is 14.8. The third kappa shape index (κ3) is 8.00. The summed E-state index contributed by atoms with van der Waals surface area (Å²) in [4.78, 5) is 5.24. The van der Waals surface area contributed by atoms with Crippen molar-refractivity contribution in [1.29, 1.82) is 0 Å². The number of anilines is 5. The fourth-order valence-corrected chi connectivity index (χ4v) is 22.3. The molecule has 4 atom stereocenters. The minimum Gasteiger partial charge on any atom is -0.454 e. The molecule has 0 saturated heterocycles. The lowest BCUT2D eigenvalue weighted by atomic mass is 9.49. The molecule has 21 aromatic rings. The molecule has 0 saturated carbocycles. The van der Waals surface area contributed by atoms with Crippen molar-refractivity contribution >= 4 is 160 Å². The summed E-state index contributed by atoms with van der Waals surface area (Å²) in [7, 11) is 0. The average molecular weight is 1450 g/mol. The molecule has 26 rings (SSSR count). The van der Waals surface area contributed by atoms with E-state index in [1.807, 2.05) is 0 Å². The number of hydrogen-bond donors (Lipinski definition) is 0. The van der Waals surface area contributed by atoms with Gasteiger partial charge in [-0.1, -0.05) is 340 Å². The second-order valence-electron chi connectivity index (χ2n) is 31.8. The Bertz CT molecular complexity index is 7950. The molecule has 2 heterocycles. The zero-order valence-electron chi connectivity index (χ0n) is 61.8. The third-order valence-corrected chi connectivity index (χ3v) is 26.7. The first-order chi connectivity index (χ1) is 56.6. The van der Waals surface area contributed by atoms with E-state index < -0.39 is 10.8 Å². The van der Waals surface area contributed by atoms with Crippen LogP contribution in [0, 0.1) is 5.92 Å². The standard InChI is InChI=1S/C110H66N2O2/c1-3-29-73(30-4-1)109(87-59-53-65-23-7-9-33-75(65)103(87)105-81-39-13-11-35-77(81)95(63-89(105)109)111(93-43-21-41-83-79-37-15-17-45-97(79)113-107(83)93)91-61-55-71-49-47-67-25-19-27-69-51-57-85(91)101(71)99(67)69)110(74-31-5-2-6-32-74)88-60-54-66-24-8-10-34-76(66)104(88)106-82-40-14-12-36-78(82)96(64-90(106)110)112(94-44-22-42-84-80-38-16-18-46-98(80)114-108(84)94)92-62-56-72-50-48-68-26-20-28-70-52-58-86(92)102(72)100(68)70/h1-64,85,101H. The minimum atomic E-state index is -1.14. The molecule has 0 aliphatic heterocycles. The maximum atomic E-state index is 7.40. The van der Waals surface area contributed by atoms with Gasteiger partial charge in [0, 0.05) is 55.2 Å². The lowest BCUT2D eigenvalue weighted by Crippen LogP contribution is -2.50. The van der Waals surface area contributed by atoms with E-state index in [9.17, 15) is 0 Å². The molecule has 528 valence electrons. The highest BCUT2D eigenvalue weighted by molar-refractivity contribution is 6.28. The van der Waals surface area contributed by atoms with Crippen molar-refractivity contribution in [3.8, 4) is 22.3 Å². The molecular formula is C110H66N2O2. The minimum absolute atomic E-state index is 0.0646. The molecule has 0 spiro atoms. The SMILES string of the molecule is C1=Cc2cccc3c2C2C1=CC=C(N(c1cc4c(c5ccccc15)-c1c(ccc5ccccc15)C4(c1ccccc1)C1(c4ccccc4)c4ccc5ccccc5c4-c4c1cc(N(c1ccc5ccc6cccc7ccc1c5c67)c1cccc5c1oc1ccccc15)c1ccccc41)c1cccc4c1oc1ccccc14)C2C=C3. The van der Waals surface area contributed by atoms with Gasteiger partial charge in [0.1, 0.15) is 11.2 Å². The van der Waals surface area contributed by atoms with Crippen LogP contribution in [0.25, 0.3) is 154 Å².